The van der Waals surface area contributed by atoms with Gasteiger partial charge in [-0.15, -0.1) is 0 Å². The summed E-state index contributed by atoms with van der Waals surface area (Å²) < 4.78 is 42.8. The third kappa shape index (κ3) is 8.45. The molecule has 0 aliphatic carbocycles. The number of nitrogens with one attached hydrogen (secondary N) is 1. The van der Waals surface area contributed by atoms with Gasteiger partial charge in [-0.2, -0.15) is 0 Å². The summed E-state index contributed by atoms with van der Waals surface area (Å²) in [5, 5.41) is 3.31. The standard InChI is InChI=1S/C34H35ClFN3O4S/c1-24(2)37-34(41)32(21-26-7-5-4-6-8-26)38(22-27-11-15-29(36)16-12-27)33(40)23-39(30-17-13-28(35)14-18-30)44(42,43)31-19-9-25(3)10-20-31/h4-20,24,32H,21-23H2,1-3H3,(H,37,41)/t32-/m0/s1. The Morgan fingerprint density at radius 3 is 2.05 bits per heavy atom. The van der Waals surface area contributed by atoms with Crippen molar-refractivity contribution in [2.24, 2.45) is 0 Å². The van der Waals surface area contributed by atoms with Crippen LogP contribution in [0.1, 0.15) is 30.5 Å². The van der Waals surface area contributed by atoms with Crippen molar-refractivity contribution in [3.63, 3.8) is 0 Å². The lowest BCUT2D eigenvalue weighted by Crippen LogP contribution is -2.54. The second-order valence-corrected chi connectivity index (χ2v) is 13.1. The minimum atomic E-state index is -4.22. The number of amides is 2. The molecule has 0 aliphatic rings. The zero-order valence-electron chi connectivity index (χ0n) is 24.8. The SMILES string of the molecule is Cc1ccc(S(=O)(=O)N(CC(=O)N(Cc2ccc(F)cc2)[C@@H](Cc2ccccc2)C(=O)NC(C)C)c2ccc(Cl)cc2)cc1. The van der Waals surface area contributed by atoms with E-state index in [4.69, 9.17) is 11.6 Å². The van der Waals surface area contributed by atoms with Crippen molar-refractivity contribution in [2.75, 3.05) is 10.8 Å². The Hall–Kier alpha value is -4.21. The van der Waals surface area contributed by atoms with E-state index in [0.29, 0.717) is 10.6 Å². The molecule has 44 heavy (non-hydrogen) atoms. The second-order valence-electron chi connectivity index (χ2n) is 10.8. The van der Waals surface area contributed by atoms with Crippen molar-refractivity contribution in [1.82, 2.24) is 10.2 Å². The zero-order valence-corrected chi connectivity index (χ0v) is 26.4. The van der Waals surface area contributed by atoms with E-state index in [9.17, 15) is 22.4 Å². The minimum absolute atomic E-state index is 0.00863. The summed E-state index contributed by atoms with van der Waals surface area (Å²) >= 11 is 6.10. The number of carbonyl (C=O) groups excluding carboxylic acids is 2. The number of benzene rings is 4. The Morgan fingerprint density at radius 2 is 1.45 bits per heavy atom. The summed E-state index contributed by atoms with van der Waals surface area (Å²) in [4.78, 5) is 29.4. The molecule has 10 heteroatoms. The summed E-state index contributed by atoms with van der Waals surface area (Å²) in [7, 11) is -4.22. The molecule has 230 valence electrons. The summed E-state index contributed by atoms with van der Waals surface area (Å²) in [5.74, 6) is -1.44. The number of hydrogen-bond donors (Lipinski definition) is 1. The number of rotatable bonds is 12. The fraction of sp³-hybridized carbons (Fsp3) is 0.235. The number of hydrogen-bond acceptors (Lipinski definition) is 4. The largest absolute Gasteiger partial charge is 0.352 e. The van der Waals surface area contributed by atoms with Crippen LogP contribution >= 0.6 is 11.6 Å². The van der Waals surface area contributed by atoms with Crippen molar-refractivity contribution in [3.8, 4) is 0 Å². The first kappa shape index (κ1) is 32.7. The number of nitrogens with zero attached hydrogens (tertiary/aromatic N) is 2. The Morgan fingerprint density at radius 1 is 0.841 bits per heavy atom. The maximum Gasteiger partial charge on any atom is 0.264 e. The highest BCUT2D eigenvalue weighted by atomic mass is 35.5. The Balaban J connectivity index is 1.79. The molecule has 0 fully saturated rings. The lowest BCUT2D eigenvalue weighted by Gasteiger charge is -2.34. The molecule has 0 heterocycles. The van der Waals surface area contributed by atoms with E-state index >= 15 is 0 Å². The molecule has 0 bridgehead atoms. The van der Waals surface area contributed by atoms with E-state index in [2.05, 4.69) is 5.32 Å². The van der Waals surface area contributed by atoms with Crippen LogP contribution in [0, 0.1) is 12.7 Å². The molecule has 0 spiro atoms. The molecule has 4 aromatic rings. The van der Waals surface area contributed by atoms with Crippen LogP contribution in [-0.4, -0.2) is 43.8 Å². The van der Waals surface area contributed by atoms with Crippen LogP contribution in [0.3, 0.4) is 0 Å². The quantitative estimate of drug-likeness (QED) is 0.202. The predicted molar refractivity (Wildman–Crippen MR) is 171 cm³/mol. The lowest BCUT2D eigenvalue weighted by molar-refractivity contribution is -0.140. The first-order valence-corrected chi connectivity index (χ1v) is 16.0. The van der Waals surface area contributed by atoms with Gasteiger partial charge in [0.05, 0.1) is 10.6 Å². The fourth-order valence-electron chi connectivity index (χ4n) is 4.69. The molecule has 0 aromatic heterocycles. The molecule has 2 amide bonds. The van der Waals surface area contributed by atoms with Gasteiger partial charge in [-0.3, -0.25) is 13.9 Å². The van der Waals surface area contributed by atoms with Crippen molar-refractivity contribution >= 4 is 39.1 Å². The molecule has 0 aliphatic heterocycles. The first-order chi connectivity index (χ1) is 20.9. The lowest BCUT2D eigenvalue weighted by atomic mass is 10.0. The van der Waals surface area contributed by atoms with Crippen LogP contribution in [0.25, 0.3) is 0 Å². The predicted octanol–water partition coefficient (Wildman–Crippen LogP) is 6.15. The van der Waals surface area contributed by atoms with E-state index < -0.39 is 40.2 Å². The van der Waals surface area contributed by atoms with Crippen molar-refractivity contribution in [2.45, 2.75) is 50.7 Å². The highest BCUT2D eigenvalue weighted by molar-refractivity contribution is 7.92. The normalized spacial score (nSPS) is 12.0. The summed E-state index contributed by atoms with van der Waals surface area (Å²) in [5.41, 5.74) is 2.50. The number of anilines is 1. The molecule has 1 N–H and O–H groups in total. The molecule has 0 radical (unpaired) electrons. The van der Waals surface area contributed by atoms with E-state index in [1.54, 1.807) is 24.3 Å². The fourth-order valence-corrected chi connectivity index (χ4v) is 6.23. The van der Waals surface area contributed by atoms with Gasteiger partial charge >= 0.3 is 0 Å². The van der Waals surface area contributed by atoms with Crippen molar-refractivity contribution in [1.29, 1.82) is 0 Å². The van der Waals surface area contributed by atoms with Gasteiger partial charge in [0.15, 0.2) is 0 Å². The molecule has 0 saturated heterocycles. The third-order valence-electron chi connectivity index (χ3n) is 6.97. The van der Waals surface area contributed by atoms with E-state index in [1.165, 1.54) is 53.4 Å². The maximum absolute atomic E-state index is 14.4. The van der Waals surface area contributed by atoms with Gasteiger partial charge < -0.3 is 10.2 Å². The van der Waals surface area contributed by atoms with Crippen LogP contribution in [0.5, 0.6) is 0 Å². The highest BCUT2D eigenvalue weighted by Crippen LogP contribution is 2.26. The van der Waals surface area contributed by atoms with Gasteiger partial charge in [0, 0.05) is 24.0 Å². The minimum Gasteiger partial charge on any atom is -0.352 e. The van der Waals surface area contributed by atoms with Gasteiger partial charge in [-0.1, -0.05) is 71.8 Å². The van der Waals surface area contributed by atoms with Gasteiger partial charge in [0.2, 0.25) is 11.8 Å². The van der Waals surface area contributed by atoms with Crippen LogP contribution in [0.2, 0.25) is 5.02 Å². The zero-order chi connectivity index (χ0) is 31.9. The van der Waals surface area contributed by atoms with Crippen LogP contribution in [0.4, 0.5) is 10.1 Å². The van der Waals surface area contributed by atoms with Crippen molar-refractivity contribution in [3.05, 3.63) is 131 Å². The van der Waals surface area contributed by atoms with Crippen molar-refractivity contribution < 1.29 is 22.4 Å². The van der Waals surface area contributed by atoms with E-state index in [1.807, 2.05) is 51.1 Å². The summed E-state index contributed by atoms with van der Waals surface area (Å²) in [6.07, 6.45) is 0.179. The van der Waals surface area contributed by atoms with E-state index in [0.717, 1.165) is 15.4 Å². The van der Waals surface area contributed by atoms with Gasteiger partial charge in [0.1, 0.15) is 18.4 Å². The average molecular weight is 636 g/mol. The van der Waals surface area contributed by atoms with Gasteiger partial charge in [-0.05, 0) is 80.4 Å². The van der Waals surface area contributed by atoms with Gasteiger partial charge in [-0.25, -0.2) is 12.8 Å². The first-order valence-electron chi connectivity index (χ1n) is 14.2. The second kappa shape index (κ2) is 14.5. The molecule has 0 saturated carbocycles. The molecule has 7 nitrogen and oxygen atoms in total. The monoisotopic (exact) mass is 635 g/mol. The molecule has 1 atom stereocenters. The number of halogens is 2. The Labute approximate surface area is 263 Å². The van der Waals surface area contributed by atoms with E-state index in [-0.39, 0.29) is 29.6 Å². The van der Waals surface area contributed by atoms with Gasteiger partial charge in [0.25, 0.3) is 10.0 Å². The molecular formula is C34H35ClFN3O4S. The molecule has 4 aromatic carbocycles. The molecular weight excluding hydrogens is 601 g/mol. The summed E-state index contributed by atoms with van der Waals surface area (Å²) in [6.45, 7) is 4.83. The smallest absolute Gasteiger partial charge is 0.264 e. The number of sulfonamides is 1. The van der Waals surface area contributed by atoms with Crippen LogP contribution < -0.4 is 9.62 Å². The topological polar surface area (TPSA) is 86.8 Å². The third-order valence-corrected chi connectivity index (χ3v) is 9.01. The average Bonchev–Trinajstić information content (AvgIpc) is 2.99. The Kier molecular flexibility index (Phi) is 10.8. The molecule has 0 unspecified atom stereocenters. The summed E-state index contributed by atoms with van der Waals surface area (Å²) in [6, 6.07) is 26.2. The maximum atomic E-state index is 14.4. The molecule has 4 rings (SSSR count). The van der Waals surface area contributed by atoms with Crippen LogP contribution in [-0.2, 0) is 32.6 Å². The van der Waals surface area contributed by atoms with Crippen LogP contribution in [0.15, 0.2) is 108 Å². The highest BCUT2D eigenvalue weighted by Gasteiger charge is 2.34. The number of carbonyl (C=O) groups is 2. The number of aryl methyl sites for hydroxylation is 1. The Bertz CT molecular complexity index is 1660.